The maximum absolute atomic E-state index is 14.1. The quantitative estimate of drug-likeness (QED) is 0.263. The zero-order chi connectivity index (χ0) is 28.2. The van der Waals surface area contributed by atoms with Crippen LogP contribution in [0.15, 0.2) is 71.7 Å². The number of hydrogen-bond acceptors (Lipinski definition) is 3. The van der Waals surface area contributed by atoms with Gasteiger partial charge in [-0.15, -0.1) is 0 Å². The standard InChI is InChI=1S/C35H42FN3O/c1-5-26(4)37-34(28-10-8-11-30(36)22-28)32-16-13-29(21-25(32)3)35(40)38-19-17-27(18-20-38)23-39(31-14-15-31)33-12-7-6-9-24(33)2/h6-13,16,21-22,26-27,31H,5,14-15,17-20,23H2,1-4H3. The third kappa shape index (κ3) is 6.46. The molecule has 3 aromatic rings. The highest BCUT2D eigenvalue weighted by Crippen LogP contribution is 2.35. The zero-order valence-electron chi connectivity index (χ0n) is 24.4. The number of amides is 1. The summed E-state index contributed by atoms with van der Waals surface area (Å²) in [6.45, 7) is 11.0. The van der Waals surface area contributed by atoms with Crippen molar-refractivity contribution >= 4 is 17.3 Å². The second kappa shape index (κ2) is 12.4. The van der Waals surface area contributed by atoms with E-state index in [1.807, 2.05) is 36.1 Å². The van der Waals surface area contributed by atoms with Gasteiger partial charge in [0, 0.05) is 54.1 Å². The van der Waals surface area contributed by atoms with Crippen LogP contribution in [0.4, 0.5) is 10.1 Å². The molecule has 0 N–H and O–H groups in total. The molecule has 1 unspecified atom stereocenters. The van der Waals surface area contributed by atoms with Gasteiger partial charge >= 0.3 is 0 Å². The summed E-state index contributed by atoms with van der Waals surface area (Å²) in [5.41, 5.74) is 6.88. The van der Waals surface area contributed by atoms with Crippen molar-refractivity contribution in [3.63, 3.8) is 0 Å². The van der Waals surface area contributed by atoms with Crippen molar-refractivity contribution in [3.8, 4) is 0 Å². The number of nitrogens with zero attached hydrogens (tertiary/aromatic N) is 3. The maximum atomic E-state index is 14.1. The Labute approximate surface area is 238 Å². The number of aryl methyl sites for hydroxylation is 2. The summed E-state index contributed by atoms with van der Waals surface area (Å²) >= 11 is 0. The number of para-hydroxylation sites is 1. The summed E-state index contributed by atoms with van der Waals surface area (Å²) in [6.07, 6.45) is 5.52. The number of carbonyl (C=O) groups excluding carboxylic acids is 1. The van der Waals surface area contributed by atoms with Gasteiger partial charge in [-0.05, 0) is 100 Å². The van der Waals surface area contributed by atoms with Crippen LogP contribution in [0, 0.1) is 25.6 Å². The Morgan fingerprint density at radius 2 is 1.70 bits per heavy atom. The van der Waals surface area contributed by atoms with Crippen LogP contribution >= 0.6 is 0 Å². The first-order chi connectivity index (χ1) is 19.3. The van der Waals surface area contributed by atoms with E-state index >= 15 is 0 Å². The van der Waals surface area contributed by atoms with E-state index in [9.17, 15) is 9.18 Å². The van der Waals surface area contributed by atoms with Gasteiger partial charge in [-0.1, -0.05) is 43.3 Å². The van der Waals surface area contributed by atoms with Crippen molar-refractivity contribution in [2.24, 2.45) is 10.9 Å². The fraction of sp³-hybridized carbons (Fsp3) is 0.429. The van der Waals surface area contributed by atoms with Gasteiger partial charge in [0.25, 0.3) is 5.91 Å². The maximum Gasteiger partial charge on any atom is 0.253 e. The molecule has 5 heteroatoms. The number of anilines is 1. The van der Waals surface area contributed by atoms with Crippen molar-refractivity contribution in [1.82, 2.24) is 4.90 Å². The number of rotatable bonds is 9. The first-order valence-corrected chi connectivity index (χ1v) is 14.9. The lowest BCUT2D eigenvalue weighted by molar-refractivity contribution is 0.0692. The Balaban J connectivity index is 1.27. The molecule has 1 atom stereocenters. The van der Waals surface area contributed by atoms with E-state index in [2.05, 4.69) is 49.9 Å². The molecule has 1 amide bonds. The van der Waals surface area contributed by atoms with Gasteiger partial charge in [0.05, 0.1) is 5.71 Å². The first kappa shape index (κ1) is 28.1. The molecule has 0 aromatic heterocycles. The predicted molar refractivity (Wildman–Crippen MR) is 163 cm³/mol. The molecule has 1 saturated heterocycles. The van der Waals surface area contributed by atoms with Crippen LogP contribution in [0.2, 0.25) is 0 Å². The molecule has 3 aromatic carbocycles. The van der Waals surface area contributed by atoms with Crippen molar-refractivity contribution in [3.05, 3.63) is 100 Å². The third-order valence-corrected chi connectivity index (χ3v) is 8.54. The van der Waals surface area contributed by atoms with Gasteiger partial charge in [-0.3, -0.25) is 9.79 Å². The molecule has 1 aliphatic carbocycles. The Morgan fingerprint density at radius 3 is 2.35 bits per heavy atom. The van der Waals surface area contributed by atoms with Gasteiger partial charge in [0.15, 0.2) is 0 Å². The molecule has 2 fully saturated rings. The largest absolute Gasteiger partial charge is 0.368 e. The molecular weight excluding hydrogens is 497 g/mol. The van der Waals surface area contributed by atoms with E-state index in [1.165, 1.54) is 36.2 Å². The van der Waals surface area contributed by atoms with Crippen molar-refractivity contribution in [1.29, 1.82) is 0 Å². The summed E-state index contributed by atoms with van der Waals surface area (Å²) in [5, 5.41) is 0. The van der Waals surface area contributed by atoms with Crippen LogP contribution in [0.3, 0.4) is 0 Å². The first-order valence-electron chi connectivity index (χ1n) is 14.9. The fourth-order valence-corrected chi connectivity index (χ4v) is 5.80. The number of likely N-dealkylation sites (tertiary alicyclic amines) is 1. The summed E-state index contributed by atoms with van der Waals surface area (Å²) in [5.74, 6) is 0.414. The van der Waals surface area contributed by atoms with Gasteiger partial charge in [-0.25, -0.2) is 4.39 Å². The Kier molecular flexibility index (Phi) is 8.68. The van der Waals surface area contributed by atoms with Gasteiger partial charge in [-0.2, -0.15) is 0 Å². The van der Waals surface area contributed by atoms with E-state index in [4.69, 9.17) is 4.99 Å². The van der Waals surface area contributed by atoms with E-state index < -0.39 is 0 Å². The highest BCUT2D eigenvalue weighted by Gasteiger charge is 2.33. The molecule has 0 spiro atoms. The zero-order valence-corrected chi connectivity index (χ0v) is 24.4. The molecule has 40 heavy (non-hydrogen) atoms. The Morgan fingerprint density at radius 1 is 0.950 bits per heavy atom. The SMILES string of the molecule is CCC(C)N=C(c1cccc(F)c1)c1ccc(C(=O)N2CCC(CN(c3ccccc3C)C3CC3)CC2)cc1C. The highest BCUT2D eigenvalue weighted by atomic mass is 19.1. The average molecular weight is 540 g/mol. The molecule has 0 bridgehead atoms. The number of piperidine rings is 1. The van der Waals surface area contributed by atoms with Crippen LogP contribution < -0.4 is 4.90 Å². The number of benzene rings is 3. The number of halogens is 1. The third-order valence-electron chi connectivity index (χ3n) is 8.54. The monoisotopic (exact) mass is 539 g/mol. The Hall–Kier alpha value is -3.47. The lowest BCUT2D eigenvalue weighted by Gasteiger charge is -2.36. The topological polar surface area (TPSA) is 35.9 Å². The van der Waals surface area contributed by atoms with Gasteiger partial charge in [0.1, 0.15) is 5.82 Å². The lowest BCUT2D eigenvalue weighted by Crippen LogP contribution is -2.42. The number of aliphatic imine (C=N–C) groups is 1. The predicted octanol–water partition coefficient (Wildman–Crippen LogP) is 7.60. The van der Waals surface area contributed by atoms with Crippen LogP contribution in [-0.2, 0) is 0 Å². The van der Waals surface area contributed by atoms with E-state index in [0.717, 1.165) is 61.3 Å². The van der Waals surface area contributed by atoms with E-state index in [0.29, 0.717) is 17.5 Å². The van der Waals surface area contributed by atoms with Crippen molar-refractivity contribution in [2.45, 2.75) is 71.9 Å². The molecule has 1 aliphatic heterocycles. The van der Waals surface area contributed by atoms with Crippen LogP contribution in [0.25, 0.3) is 0 Å². The van der Waals surface area contributed by atoms with Gasteiger partial charge in [0.2, 0.25) is 0 Å². The second-order valence-electron chi connectivity index (χ2n) is 11.7. The molecular formula is C35H42FN3O. The highest BCUT2D eigenvalue weighted by molar-refractivity contribution is 6.14. The molecule has 5 rings (SSSR count). The van der Waals surface area contributed by atoms with E-state index in [1.54, 1.807) is 6.07 Å². The summed E-state index contributed by atoms with van der Waals surface area (Å²) in [6, 6.07) is 22.0. The van der Waals surface area contributed by atoms with Crippen molar-refractivity contribution in [2.75, 3.05) is 24.5 Å². The van der Waals surface area contributed by atoms with E-state index in [-0.39, 0.29) is 17.8 Å². The number of hydrogen-bond donors (Lipinski definition) is 0. The second-order valence-corrected chi connectivity index (χ2v) is 11.7. The minimum Gasteiger partial charge on any atom is -0.368 e. The van der Waals surface area contributed by atoms with Crippen molar-refractivity contribution < 1.29 is 9.18 Å². The molecule has 1 saturated carbocycles. The van der Waals surface area contributed by atoms with Gasteiger partial charge < -0.3 is 9.80 Å². The van der Waals surface area contributed by atoms with Crippen LogP contribution in [0.5, 0.6) is 0 Å². The molecule has 2 aliphatic rings. The molecule has 210 valence electrons. The summed E-state index contributed by atoms with van der Waals surface area (Å²) < 4.78 is 14.1. The van der Waals surface area contributed by atoms with Crippen LogP contribution in [-0.4, -0.2) is 48.2 Å². The smallest absolute Gasteiger partial charge is 0.253 e. The molecule has 4 nitrogen and oxygen atoms in total. The summed E-state index contributed by atoms with van der Waals surface area (Å²) in [4.78, 5) is 23.1. The summed E-state index contributed by atoms with van der Waals surface area (Å²) in [7, 11) is 0. The lowest BCUT2D eigenvalue weighted by atomic mass is 9.93. The minimum atomic E-state index is -0.277. The fourth-order valence-electron chi connectivity index (χ4n) is 5.80. The average Bonchev–Trinajstić information content (AvgIpc) is 3.81. The minimum absolute atomic E-state index is 0.0947. The molecule has 0 radical (unpaired) electrons. The van der Waals surface area contributed by atoms with Crippen LogP contribution in [0.1, 0.15) is 78.6 Å². The normalized spacial score (nSPS) is 17.1. The number of carbonyl (C=O) groups is 1. The molecule has 1 heterocycles. The Bertz CT molecular complexity index is 1370.